The molecule has 1 aliphatic rings. The monoisotopic (exact) mass is 269 g/mol. The number of aliphatic hydroxyl groups excluding tert-OH is 1. The average molecular weight is 269 g/mol. The van der Waals surface area contributed by atoms with Crippen molar-refractivity contribution in [2.45, 2.75) is 31.1 Å². The molecule has 2 nitrogen and oxygen atoms in total. The van der Waals surface area contributed by atoms with Gasteiger partial charge in [0.2, 0.25) is 0 Å². The Morgan fingerprint density at radius 3 is 2.75 bits per heavy atom. The minimum Gasteiger partial charge on any atom is -0.396 e. The van der Waals surface area contributed by atoms with Gasteiger partial charge in [0.15, 0.2) is 0 Å². The van der Waals surface area contributed by atoms with Crippen LogP contribution in [0.4, 0.5) is 0 Å². The number of aliphatic hydroxyl groups is 1. The maximum Gasteiger partial charge on any atom is 0.0439 e. The zero-order valence-electron chi connectivity index (χ0n) is 11.9. The van der Waals surface area contributed by atoms with Gasteiger partial charge in [-0.3, -0.25) is 0 Å². The molecule has 0 aliphatic carbocycles. The van der Waals surface area contributed by atoms with E-state index >= 15 is 0 Å². The molecule has 0 radical (unpaired) electrons. The van der Waals surface area contributed by atoms with E-state index in [1.807, 2.05) is 0 Å². The van der Waals surface area contributed by atoms with Crippen molar-refractivity contribution >= 4 is 10.8 Å². The van der Waals surface area contributed by atoms with Crippen LogP contribution in [0, 0.1) is 0 Å². The molecule has 2 N–H and O–H groups in total. The molecule has 1 unspecified atom stereocenters. The van der Waals surface area contributed by atoms with E-state index in [4.69, 9.17) is 0 Å². The molecule has 0 aromatic heterocycles. The van der Waals surface area contributed by atoms with Gasteiger partial charge in [-0.2, -0.15) is 0 Å². The third-order valence-corrected chi connectivity index (χ3v) is 4.74. The molecule has 2 heteroatoms. The molecule has 0 saturated carbocycles. The first-order valence-electron chi connectivity index (χ1n) is 7.66. The standard InChI is InChI=1S/C18H23NO/c20-14-11-18(9-4-12-19-13-10-18)17-8-3-6-15-5-1-2-7-16(15)17/h1-3,5-8,19-20H,4,9-14H2. The zero-order valence-corrected chi connectivity index (χ0v) is 11.9. The van der Waals surface area contributed by atoms with Crippen molar-refractivity contribution in [3.05, 3.63) is 48.0 Å². The Labute approximate surface area is 120 Å². The lowest BCUT2D eigenvalue weighted by Gasteiger charge is -2.34. The van der Waals surface area contributed by atoms with Crippen molar-refractivity contribution < 1.29 is 5.11 Å². The Morgan fingerprint density at radius 1 is 1.00 bits per heavy atom. The Morgan fingerprint density at radius 2 is 1.85 bits per heavy atom. The molecule has 3 rings (SSSR count). The van der Waals surface area contributed by atoms with Gasteiger partial charge in [0.25, 0.3) is 0 Å². The minimum atomic E-state index is 0.124. The molecule has 1 saturated heterocycles. The second kappa shape index (κ2) is 5.94. The number of benzene rings is 2. The number of hydrogen-bond donors (Lipinski definition) is 2. The van der Waals surface area contributed by atoms with Crippen LogP contribution in [0.1, 0.15) is 31.2 Å². The minimum absolute atomic E-state index is 0.124. The molecular weight excluding hydrogens is 246 g/mol. The molecule has 1 fully saturated rings. The van der Waals surface area contributed by atoms with Crippen LogP contribution in [0.2, 0.25) is 0 Å². The Bertz CT molecular complexity index is 565. The molecule has 0 bridgehead atoms. The van der Waals surface area contributed by atoms with E-state index in [0.717, 1.165) is 32.4 Å². The largest absolute Gasteiger partial charge is 0.396 e. The molecule has 1 atom stereocenters. The zero-order chi connectivity index (χ0) is 13.8. The maximum atomic E-state index is 9.59. The van der Waals surface area contributed by atoms with Crippen molar-refractivity contribution in [2.75, 3.05) is 19.7 Å². The van der Waals surface area contributed by atoms with Gasteiger partial charge in [-0.15, -0.1) is 0 Å². The summed E-state index contributed by atoms with van der Waals surface area (Å²) >= 11 is 0. The highest BCUT2D eigenvalue weighted by Crippen LogP contribution is 2.40. The average Bonchev–Trinajstić information content (AvgIpc) is 2.73. The highest BCUT2D eigenvalue weighted by molar-refractivity contribution is 5.86. The summed E-state index contributed by atoms with van der Waals surface area (Å²) in [7, 11) is 0. The lowest BCUT2D eigenvalue weighted by molar-refractivity contribution is 0.225. The summed E-state index contributed by atoms with van der Waals surface area (Å²) in [6.07, 6.45) is 4.32. The fraction of sp³-hybridized carbons (Fsp3) is 0.444. The van der Waals surface area contributed by atoms with Gasteiger partial charge < -0.3 is 10.4 Å². The molecule has 20 heavy (non-hydrogen) atoms. The van der Waals surface area contributed by atoms with Crippen molar-refractivity contribution in [1.29, 1.82) is 0 Å². The van der Waals surface area contributed by atoms with Gasteiger partial charge in [-0.1, -0.05) is 42.5 Å². The summed E-state index contributed by atoms with van der Waals surface area (Å²) in [6, 6.07) is 15.2. The highest BCUT2D eigenvalue weighted by atomic mass is 16.3. The third-order valence-electron chi connectivity index (χ3n) is 4.74. The van der Waals surface area contributed by atoms with E-state index < -0.39 is 0 Å². The fourth-order valence-corrected chi connectivity index (χ4v) is 3.69. The van der Waals surface area contributed by atoms with Crippen LogP contribution in [0.15, 0.2) is 42.5 Å². The lowest BCUT2D eigenvalue weighted by atomic mass is 9.71. The van der Waals surface area contributed by atoms with E-state index in [0.29, 0.717) is 0 Å². The van der Waals surface area contributed by atoms with Crippen LogP contribution in [0.25, 0.3) is 10.8 Å². The van der Waals surface area contributed by atoms with Gasteiger partial charge in [0, 0.05) is 6.61 Å². The van der Waals surface area contributed by atoms with Gasteiger partial charge in [-0.05, 0) is 60.5 Å². The molecule has 2 aromatic carbocycles. The molecule has 1 aliphatic heterocycles. The summed E-state index contributed by atoms with van der Waals surface area (Å²) in [5, 5.41) is 15.7. The second-order valence-electron chi connectivity index (χ2n) is 5.88. The second-order valence-corrected chi connectivity index (χ2v) is 5.88. The summed E-state index contributed by atoms with van der Waals surface area (Å²) in [5.74, 6) is 0. The van der Waals surface area contributed by atoms with Crippen LogP contribution in [-0.4, -0.2) is 24.8 Å². The van der Waals surface area contributed by atoms with Crippen molar-refractivity contribution in [3.63, 3.8) is 0 Å². The van der Waals surface area contributed by atoms with E-state index in [1.54, 1.807) is 0 Å². The number of rotatable bonds is 3. The molecule has 106 valence electrons. The van der Waals surface area contributed by atoms with E-state index in [2.05, 4.69) is 47.8 Å². The quantitative estimate of drug-likeness (QED) is 0.896. The Balaban J connectivity index is 2.13. The Hall–Kier alpha value is -1.38. The van der Waals surface area contributed by atoms with Crippen LogP contribution in [-0.2, 0) is 5.41 Å². The highest BCUT2D eigenvalue weighted by Gasteiger charge is 2.33. The predicted octanol–water partition coefficient (Wildman–Crippen LogP) is 3.23. The van der Waals surface area contributed by atoms with Crippen molar-refractivity contribution in [3.8, 4) is 0 Å². The number of nitrogens with one attached hydrogen (secondary N) is 1. The van der Waals surface area contributed by atoms with Crippen LogP contribution in [0.5, 0.6) is 0 Å². The summed E-state index contributed by atoms with van der Waals surface area (Å²) < 4.78 is 0. The normalized spacial score (nSPS) is 23.6. The van der Waals surface area contributed by atoms with Crippen LogP contribution >= 0.6 is 0 Å². The van der Waals surface area contributed by atoms with Crippen LogP contribution in [0.3, 0.4) is 0 Å². The van der Waals surface area contributed by atoms with Crippen molar-refractivity contribution in [1.82, 2.24) is 5.32 Å². The third kappa shape index (κ3) is 2.46. The van der Waals surface area contributed by atoms with E-state index in [9.17, 15) is 5.11 Å². The molecule has 2 aromatic rings. The summed E-state index contributed by atoms with van der Waals surface area (Å²) in [4.78, 5) is 0. The van der Waals surface area contributed by atoms with Gasteiger partial charge in [0.05, 0.1) is 0 Å². The molecule has 1 heterocycles. The maximum absolute atomic E-state index is 9.59. The van der Waals surface area contributed by atoms with Crippen molar-refractivity contribution in [2.24, 2.45) is 0 Å². The first kappa shape index (κ1) is 13.6. The summed E-state index contributed by atoms with van der Waals surface area (Å²) in [5.41, 5.74) is 1.55. The first-order chi connectivity index (χ1) is 9.86. The molecule has 0 amide bonds. The summed E-state index contributed by atoms with van der Waals surface area (Å²) in [6.45, 7) is 2.41. The van der Waals surface area contributed by atoms with Crippen LogP contribution < -0.4 is 5.32 Å². The number of fused-ring (bicyclic) bond motifs is 1. The Kier molecular flexibility index (Phi) is 4.04. The molecule has 0 spiro atoms. The molecular formula is C18H23NO. The lowest BCUT2D eigenvalue weighted by Crippen LogP contribution is -2.29. The first-order valence-corrected chi connectivity index (χ1v) is 7.66. The SMILES string of the molecule is OCCC1(c2cccc3ccccc23)CCCNCC1. The number of hydrogen-bond acceptors (Lipinski definition) is 2. The predicted molar refractivity (Wildman–Crippen MR) is 84.0 cm³/mol. The van der Waals surface area contributed by atoms with Gasteiger partial charge >= 0.3 is 0 Å². The van der Waals surface area contributed by atoms with Gasteiger partial charge in [-0.25, -0.2) is 0 Å². The van der Waals surface area contributed by atoms with Gasteiger partial charge in [0.1, 0.15) is 0 Å². The topological polar surface area (TPSA) is 32.3 Å². The van der Waals surface area contributed by atoms with E-state index in [-0.39, 0.29) is 12.0 Å². The fourth-order valence-electron chi connectivity index (χ4n) is 3.69. The smallest absolute Gasteiger partial charge is 0.0439 e. The van der Waals surface area contributed by atoms with E-state index in [1.165, 1.54) is 22.8 Å².